The van der Waals surface area contributed by atoms with E-state index in [2.05, 4.69) is 10.2 Å². The maximum atomic E-state index is 13.5. The van der Waals surface area contributed by atoms with E-state index in [0.717, 1.165) is 11.3 Å². The van der Waals surface area contributed by atoms with Gasteiger partial charge in [0, 0.05) is 24.4 Å². The second-order valence-electron chi connectivity index (χ2n) is 7.49. The number of thioether (sulfide) groups is 1. The van der Waals surface area contributed by atoms with Gasteiger partial charge in [0.15, 0.2) is 10.9 Å². The summed E-state index contributed by atoms with van der Waals surface area (Å²) >= 11 is 1.50. The molecule has 0 N–H and O–H groups in total. The van der Waals surface area contributed by atoms with E-state index >= 15 is 0 Å². The van der Waals surface area contributed by atoms with Crippen molar-refractivity contribution in [3.8, 4) is 17.3 Å². The van der Waals surface area contributed by atoms with Crippen LogP contribution in [-0.2, 0) is 10.5 Å². The molecule has 0 bridgehead atoms. The third-order valence-corrected chi connectivity index (χ3v) is 6.33. The van der Waals surface area contributed by atoms with Crippen molar-refractivity contribution < 1.29 is 18.3 Å². The Kier molecular flexibility index (Phi) is 6.23. The molecule has 0 atom stereocenters. The van der Waals surface area contributed by atoms with E-state index in [1.807, 2.05) is 39.8 Å². The smallest absolute Gasteiger partial charge is 0.254 e. The summed E-state index contributed by atoms with van der Waals surface area (Å²) in [5.74, 6) is 1.46. The van der Waals surface area contributed by atoms with Crippen LogP contribution in [0.4, 0.5) is 4.39 Å². The minimum Gasteiger partial charge on any atom is -0.461 e. The van der Waals surface area contributed by atoms with Crippen LogP contribution < -0.4 is 0 Å². The van der Waals surface area contributed by atoms with E-state index in [0.29, 0.717) is 54.4 Å². The molecule has 1 amide bonds. The van der Waals surface area contributed by atoms with Gasteiger partial charge in [0.2, 0.25) is 5.82 Å². The Morgan fingerprint density at radius 1 is 1.00 bits per heavy atom. The third kappa shape index (κ3) is 4.69. The lowest BCUT2D eigenvalue weighted by molar-refractivity contribution is 0.0303. The lowest BCUT2D eigenvalue weighted by atomic mass is 10.1. The quantitative estimate of drug-likeness (QED) is 0.393. The Morgan fingerprint density at radius 2 is 1.76 bits per heavy atom. The van der Waals surface area contributed by atoms with Crippen molar-refractivity contribution in [2.24, 2.45) is 0 Å². The number of ether oxygens (including phenoxy) is 1. The zero-order valence-corrected chi connectivity index (χ0v) is 18.5. The molecule has 0 spiro atoms. The summed E-state index contributed by atoms with van der Waals surface area (Å²) in [5.41, 5.74) is 2.45. The standard InChI is InChI=1S/C24H21FN4O3S/c25-19-7-9-20(10-8-19)29-22(21-2-1-13-32-21)26-27-24(29)33-16-17-3-5-18(6-4-17)23(30)28-11-14-31-15-12-28/h1-10,13H,11-12,14-16H2. The molecule has 1 aliphatic heterocycles. The van der Waals surface area contributed by atoms with Crippen LogP contribution in [-0.4, -0.2) is 51.9 Å². The van der Waals surface area contributed by atoms with Crippen LogP contribution in [0.25, 0.3) is 17.3 Å². The zero-order chi connectivity index (χ0) is 22.6. The summed E-state index contributed by atoms with van der Waals surface area (Å²) < 4.78 is 26.2. The lowest BCUT2D eigenvalue weighted by Crippen LogP contribution is -2.40. The molecule has 1 fully saturated rings. The Hall–Kier alpha value is -3.43. The van der Waals surface area contributed by atoms with Gasteiger partial charge < -0.3 is 14.1 Å². The number of morpholine rings is 1. The molecule has 0 saturated carbocycles. The van der Waals surface area contributed by atoms with E-state index in [-0.39, 0.29) is 11.7 Å². The van der Waals surface area contributed by atoms with Crippen LogP contribution in [0.5, 0.6) is 0 Å². The van der Waals surface area contributed by atoms with Gasteiger partial charge in [0.25, 0.3) is 5.91 Å². The number of carbonyl (C=O) groups excluding carboxylic acids is 1. The molecule has 7 nitrogen and oxygen atoms in total. The fourth-order valence-electron chi connectivity index (χ4n) is 3.59. The van der Waals surface area contributed by atoms with Crippen molar-refractivity contribution >= 4 is 17.7 Å². The topological polar surface area (TPSA) is 73.4 Å². The fourth-order valence-corrected chi connectivity index (χ4v) is 4.50. The molecule has 9 heteroatoms. The highest BCUT2D eigenvalue weighted by Crippen LogP contribution is 2.30. The summed E-state index contributed by atoms with van der Waals surface area (Å²) in [6.45, 7) is 2.39. The largest absolute Gasteiger partial charge is 0.461 e. The van der Waals surface area contributed by atoms with E-state index in [1.165, 1.54) is 23.9 Å². The molecule has 5 rings (SSSR count). The Bertz CT molecular complexity index is 1220. The lowest BCUT2D eigenvalue weighted by Gasteiger charge is -2.26. The van der Waals surface area contributed by atoms with Crippen LogP contribution in [0.2, 0.25) is 0 Å². The average molecular weight is 465 g/mol. The van der Waals surface area contributed by atoms with E-state index in [1.54, 1.807) is 24.5 Å². The number of furan rings is 1. The molecule has 168 valence electrons. The fraction of sp³-hybridized carbons (Fsp3) is 0.208. The van der Waals surface area contributed by atoms with Gasteiger partial charge in [-0.1, -0.05) is 23.9 Å². The van der Waals surface area contributed by atoms with Crippen LogP contribution >= 0.6 is 11.8 Å². The summed E-state index contributed by atoms with van der Waals surface area (Å²) in [6.07, 6.45) is 1.57. The first kappa shape index (κ1) is 21.4. The summed E-state index contributed by atoms with van der Waals surface area (Å²) in [6, 6.07) is 17.4. The second kappa shape index (κ2) is 9.60. The van der Waals surface area contributed by atoms with Crippen molar-refractivity contribution in [3.05, 3.63) is 83.9 Å². The number of halogens is 1. The van der Waals surface area contributed by atoms with Gasteiger partial charge >= 0.3 is 0 Å². The molecular weight excluding hydrogens is 443 g/mol. The first-order valence-electron chi connectivity index (χ1n) is 10.5. The number of benzene rings is 2. The number of carbonyl (C=O) groups is 1. The van der Waals surface area contributed by atoms with Crippen molar-refractivity contribution in [1.29, 1.82) is 0 Å². The van der Waals surface area contributed by atoms with Gasteiger partial charge in [-0.3, -0.25) is 9.36 Å². The van der Waals surface area contributed by atoms with Crippen molar-refractivity contribution in [3.63, 3.8) is 0 Å². The molecule has 1 saturated heterocycles. The minimum atomic E-state index is -0.313. The molecule has 4 aromatic rings. The molecule has 2 aromatic carbocycles. The van der Waals surface area contributed by atoms with E-state index < -0.39 is 0 Å². The van der Waals surface area contributed by atoms with E-state index in [9.17, 15) is 9.18 Å². The van der Waals surface area contributed by atoms with Gasteiger partial charge in [-0.25, -0.2) is 4.39 Å². The predicted molar refractivity (Wildman–Crippen MR) is 122 cm³/mol. The van der Waals surface area contributed by atoms with Crippen LogP contribution in [0.1, 0.15) is 15.9 Å². The zero-order valence-electron chi connectivity index (χ0n) is 17.7. The molecular formula is C24H21FN4O3S. The number of rotatable bonds is 6. The Balaban J connectivity index is 1.34. The van der Waals surface area contributed by atoms with Crippen molar-refractivity contribution in [2.45, 2.75) is 10.9 Å². The molecule has 0 aliphatic carbocycles. The average Bonchev–Trinajstić information content (AvgIpc) is 3.54. The van der Waals surface area contributed by atoms with Gasteiger partial charge in [-0.2, -0.15) is 0 Å². The molecule has 2 aromatic heterocycles. The number of nitrogens with zero attached hydrogens (tertiary/aromatic N) is 4. The summed E-state index contributed by atoms with van der Waals surface area (Å²) in [7, 11) is 0. The summed E-state index contributed by atoms with van der Waals surface area (Å²) in [4.78, 5) is 14.5. The van der Waals surface area contributed by atoms with Crippen LogP contribution in [0, 0.1) is 5.82 Å². The first-order valence-corrected chi connectivity index (χ1v) is 11.5. The molecule has 3 heterocycles. The number of amides is 1. The highest BCUT2D eigenvalue weighted by Gasteiger charge is 2.20. The maximum Gasteiger partial charge on any atom is 0.254 e. The minimum absolute atomic E-state index is 0.0247. The van der Waals surface area contributed by atoms with Crippen molar-refractivity contribution in [2.75, 3.05) is 26.3 Å². The number of hydrogen-bond acceptors (Lipinski definition) is 6. The SMILES string of the molecule is O=C(c1ccc(CSc2nnc(-c3ccco3)n2-c2ccc(F)cc2)cc1)N1CCOCC1. The second-order valence-corrected chi connectivity index (χ2v) is 8.43. The van der Waals surface area contributed by atoms with Gasteiger partial charge in [-0.15, -0.1) is 10.2 Å². The first-order chi connectivity index (χ1) is 16.2. The van der Waals surface area contributed by atoms with Crippen LogP contribution in [0.3, 0.4) is 0 Å². The summed E-state index contributed by atoms with van der Waals surface area (Å²) in [5, 5.41) is 9.30. The third-order valence-electron chi connectivity index (χ3n) is 5.33. The van der Waals surface area contributed by atoms with Crippen molar-refractivity contribution in [1.82, 2.24) is 19.7 Å². The van der Waals surface area contributed by atoms with Crippen LogP contribution in [0.15, 0.2) is 76.5 Å². The predicted octanol–water partition coefficient (Wildman–Crippen LogP) is 4.43. The Morgan fingerprint density at radius 3 is 2.45 bits per heavy atom. The highest BCUT2D eigenvalue weighted by molar-refractivity contribution is 7.98. The van der Waals surface area contributed by atoms with E-state index in [4.69, 9.17) is 9.15 Å². The van der Waals surface area contributed by atoms with Gasteiger partial charge in [0.1, 0.15) is 5.82 Å². The van der Waals surface area contributed by atoms with Gasteiger partial charge in [-0.05, 0) is 54.1 Å². The normalized spacial score (nSPS) is 13.9. The molecule has 1 aliphatic rings. The Labute approximate surface area is 194 Å². The molecule has 33 heavy (non-hydrogen) atoms. The monoisotopic (exact) mass is 464 g/mol. The maximum absolute atomic E-state index is 13.5. The molecule has 0 unspecified atom stereocenters. The van der Waals surface area contributed by atoms with Gasteiger partial charge in [0.05, 0.1) is 25.2 Å². The molecule has 0 radical (unpaired) electrons. The number of aromatic nitrogens is 3. The highest BCUT2D eigenvalue weighted by atomic mass is 32.2. The number of hydrogen-bond donors (Lipinski definition) is 0.